The van der Waals surface area contributed by atoms with Gasteiger partial charge in [-0.1, -0.05) is 12.2 Å². The maximum atomic E-state index is 11.6. The van der Waals surface area contributed by atoms with E-state index in [9.17, 15) is 14.9 Å². The van der Waals surface area contributed by atoms with Gasteiger partial charge in [0.2, 0.25) is 0 Å². The van der Waals surface area contributed by atoms with Crippen molar-refractivity contribution in [2.75, 3.05) is 0 Å². The monoisotopic (exact) mass is 208 g/mol. The summed E-state index contributed by atoms with van der Waals surface area (Å²) in [4.78, 5) is 21.5. The summed E-state index contributed by atoms with van der Waals surface area (Å²) < 4.78 is 1.35. The Kier molecular flexibility index (Phi) is 3.04. The molecular weight excluding hydrogens is 196 g/mol. The zero-order valence-electron chi connectivity index (χ0n) is 8.69. The van der Waals surface area contributed by atoms with Crippen LogP contribution in [0.2, 0.25) is 0 Å². The highest BCUT2D eigenvalue weighted by Crippen LogP contribution is 2.07. The number of rotatable bonds is 3. The van der Waals surface area contributed by atoms with Gasteiger partial charge < -0.3 is 4.57 Å². The van der Waals surface area contributed by atoms with Crippen molar-refractivity contribution < 1.29 is 4.92 Å². The van der Waals surface area contributed by atoms with Crippen LogP contribution in [0.25, 0.3) is 0 Å². The highest BCUT2D eigenvalue weighted by molar-refractivity contribution is 5.28. The second-order valence-corrected chi connectivity index (χ2v) is 3.47. The predicted octanol–water partition coefficient (Wildman–Crippen LogP) is 1.64. The molecule has 0 fully saturated rings. The van der Waals surface area contributed by atoms with Gasteiger partial charge in [-0.2, -0.15) is 0 Å². The molecule has 0 radical (unpaired) electrons. The van der Waals surface area contributed by atoms with Crippen LogP contribution in [0.15, 0.2) is 29.1 Å². The van der Waals surface area contributed by atoms with Crippen LogP contribution in [0.3, 0.4) is 0 Å². The summed E-state index contributed by atoms with van der Waals surface area (Å²) in [6, 6.07) is 2.79. The summed E-state index contributed by atoms with van der Waals surface area (Å²) >= 11 is 0. The van der Waals surface area contributed by atoms with Crippen LogP contribution in [0, 0.1) is 17.0 Å². The molecule has 0 N–H and O–H groups in total. The Morgan fingerprint density at radius 2 is 2.20 bits per heavy atom. The minimum Gasteiger partial charge on any atom is -0.303 e. The zero-order valence-corrected chi connectivity index (χ0v) is 8.69. The summed E-state index contributed by atoms with van der Waals surface area (Å²) in [5.41, 5.74) is 0.485. The van der Waals surface area contributed by atoms with E-state index in [1.54, 1.807) is 19.9 Å². The summed E-state index contributed by atoms with van der Waals surface area (Å²) in [6.45, 7) is 7.49. The molecular formula is C10H12N2O3. The van der Waals surface area contributed by atoms with Crippen molar-refractivity contribution in [1.82, 2.24) is 4.57 Å². The van der Waals surface area contributed by atoms with E-state index in [1.165, 1.54) is 10.6 Å². The Morgan fingerprint density at radius 3 is 2.67 bits per heavy atom. The third-order valence-electron chi connectivity index (χ3n) is 2.00. The second-order valence-electron chi connectivity index (χ2n) is 3.47. The molecule has 1 rings (SSSR count). The lowest BCUT2D eigenvalue weighted by atomic mass is 10.3. The van der Waals surface area contributed by atoms with Crippen LogP contribution >= 0.6 is 0 Å². The molecule has 0 aliphatic heterocycles. The minimum absolute atomic E-state index is 0.312. The van der Waals surface area contributed by atoms with Crippen molar-refractivity contribution in [1.29, 1.82) is 0 Å². The third kappa shape index (κ3) is 2.31. The molecule has 0 bridgehead atoms. The van der Waals surface area contributed by atoms with Gasteiger partial charge in [-0.3, -0.25) is 14.9 Å². The van der Waals surface area contributed by atoms with Crippen LogP contribution in [0.1, 0.15) is 12.6 Å². The van der Waals surface area contributed by atoms with E-state index >= 15 is 0 Å². The van der Waals surface area contributed by atoms with E-state index in [-0.39, 0.29) is 0 Å². The first kappa shape index (κ1) is 11.2. The van der Waals surface area contributed by atoms with Crippen LogP contribution < -0.4 is 5.56 Å². The van der Waals surface area contributed by atoms with Gasteiger partial charge in [0, 0.05) is 18.3 Å². The molecule has 0 saturated heterocycles. The van der Waals surface area contributed by atoms with Crippen molar-refractivity contribution in [3.63, 3.8) is 0 Å². The average Bonchev–Trinajstić information content (AvgIpc) is 2.11. The highest BCUT2D eigenvalue weighted by Gasteiger charge is 2.15. The third-order valence-corrected chi connectivity index (χ3v) is 2.00. The van der Waals surface area contributed by atoms with Gasteiger partial charge in [0.1, 0.15) is 0 Å². The van der Waals surface area contributed by atoms with E-state index in [0.717, 1.165) is 5.57 Å². The van der Waals surface area contributed by atoms with Crippen molar-refractivity contribution in [2.24, 2.45) is 0 Å². The van der Waals surface area contributed by atoms with Gasteiger partial charge >= 0.3 is 11.2 Å². The Balaban J connectivity index is 3.37. The van der Waals surface area contributed by atoms with E-state index in [1.807, 2.05) is 0 Å². The SMILES string of the molecule is C=C(C)Cn1c(C)ccc([N+](=O)[O-])c1=O. The van der Waals surface area contributed by atoms with Crippen LogP contribution in [-0.4, -0.2) is 9.49 Å². The topological polar surface area (TPSA) is 65.1 Å². The molecule has 80 valence electrons. The maximum Gasteiger partial charge on any atom is 0.334 e. The number of nitro groups is 1. The first-order valence-electron chi connectivity index (χ1n) is 4.42. The van der Waals surface area contributed by atoms with Crippen molar-refractivity contribution >= 4 is 5.69 Å². The number of nitrogens with zero attached hydrogens (tertiary/aromatic N) is 2. The highest BCUT2D eigenvalue weighted by atomic mass is 16.6. The first-order chi connectivity index (χ1) is 6.93. The molecule has 0 saturated carbocycles. The number of pyridine rings is 1. The van der Waals surface area contributed by atoms with Crippen molar-refractivity contribution in [2.45, 2.75) is 20.4 Å². The molecule has 0 atom stereocenters. The van der Waals surface area contributed by atoms with Crippen molar-refractivity contribution in [3.05, 3.63) is 50.4 Å². The fraction of sp³-hybridized carbons (Fsp3) is 0.300. The largest absolute Gasteiger partial charge is 0.334 e. The Labute approximate surface area is 86.8 Å². The summed E-state index contributed by atoms with van der Waals surface area (Å²) in [5, 5.41) is 10.5. The van der Waals surface area contributed by atoms with E-state index < -0.39 is 16.2 Å². The van der Waals surface area contributed by atoms with E-state index in [2.05, 4.69) is 6.58 Å². The van der Waals surface area contributed by atoms with Gasteiger partial charge in [-0.05, 0) is 19.9 Å². The number of aromatic nitrogens is 1. The molecule has 5 heteroatoms. The maximum absolute atomic E-state index is 11.6. The van der Waals surface area contributed by atoms with E-state index in [0.29, 0.717) is 12.2 Å². The normalized spacial score (nSPS) is 10.0. The zero-order chi connectivity index (χ0) is 11.6. The lowest BCUT2D eigenvalue weighted by Crippen LogP contribution is -2.24. The van der Waals surface area contributed by atoms with Gasteiger partial charge in [-0.25, -0.2) is 0 Å². The Morgan fingerprint density at radius 1 is 1.60 bits per heavy atom. The number of allylic oxidation sites excluding steroid dienone is 1. The summed E-state index contributed by atoms with van der Waals surface area (Å²) in [6.07, 6.45) is 0. The second kappa shape index (κ2) is 4.08. The lowest BCUT2D eigenvalue weighted by molar-refractivity contribution is -0.386. The quantitative estimate of drug-likeness (QED) is 0.431. The van der Waals surface area contributed by atoms with Crippen LogP contribution in [0.5, 0.6) is 0 Å². The number of hydrogen-bond acceptors (Lipinski definition) is 3. The van der Waals surface area contributed by atoms with Gasteiger partial charge in [0.25, 0.3) is 0 Å². The number of aryl methyl sites for hydroxylation is 1. The first-order valence-corrected chi connectivity index (χ1v) is 4.42. The van der Waals surface area contributed by atoms with Crippen LogP contribution in [0.4, 0.5) is 5.69 Å². The summed E-state index contributed by atoms with van der Waals surface area (Å²) in [5.74, 6) is 0. The molecule has 5 nitrogen and oxygen atoms in total. The Bertz CT molecular complexity index is 474. The van der Waals surface area contributed by atoms with E-state index in [4.69, 9.17) is 0 Å². The Hall–Kier alpha value is -1.91. The molecule has 0 aromatic carbocycles. The fourth-order valence-corrected chi connectivity index (χ4v) is 1.26. The molecule has 0 aliphatic carbocycles. The van der Waals surface area contributed by atoms with Gasteiger partial charge in [-0.15, -0.1) is 0 Å². The average molecular weight is 208 g/mol. The fourth-order valence-electron chi connectivity index (χ4n) is 1.26. The molecule has 1 aromatic heterocycles. The smallest absolute Gasteiger partial charge is 0.303 e. The van der Waals surface area contributed by atoms with Crippen molar-refractivity contribution in [3.8, 4) is 0 Å². The lowest BCUT2D eigenvalue weighted by Gasteiger charge is -2.08. The molecule has 15 heavy (non-hydrogen) atoms. The van der Waals surface area contributed by atoms with Gasteiger partial charge in [0.15, 0.2) is 0 Å². The molecule has 0 unspecified atom stereocenters. The van der Waals surface area contributed by atoms with Crippen LogP contribution in [-0.2, 0) is 6.54 Å². The summed E-state index contributed by atoms with van der Waals surface area (Å²) in [7, 11) is 0. The minimum atomic E-state index is -0.670. The molecule has 1 heterocycles. The standard InChI is InChI=1S/C10H12N2O3/c1-7(2)6-11-8(3)4-5-9(10(11)13)12(14)15/h4-5H,1,6H2,2-3H3. The number of hydrogen-bond donors (Lipinski definition) is 0. The molecule has 1 aromatic rings. The molecule has 0 aliphatic rings. The molecule has 0 spiro atoms. The predicted molar refractivity (Wildman–Crippen MR) is 56.9 cm³/mol. The molecule has 0 amide bonds. The van der Waals surface area contributed by atoms with Gasteiger partial charge in [0.05, 0.1) is 4.92 Å².